The third-order valence-electron chi connectivity index (χ3n) is 4.36. The van der Waals surface area contributed by atoms with Gasteiger partial charge < -0.3 is 0 Å². The van der Waals surface area contributed by atoms with Gasteiger partial charge in [0.1, 0.15) is 5.71 Å². The summed E-state index contributed by atoms with van der Waals surface area (Å²) in [5.41, 5.74) is 3.48. The van der Waals surface area contributed by atoms with Crippen molar-refractivity contribution in [3.8, 4) is 0 Å². The van der Waals surface area contributed by atoms with Crippen molar-refractivity contribution < 1.29 is 4.79 Å². The molecule has 0 unspecified atom stereocenters. The summed E-state index contributed by atoms with van der Waals surface area (Å²) in [4.78, 5) is 17.7. The second kappa shape index (κ2) is 6.51. The predicted octanol–water partition coefficient (Wildman–Crippen LogP) is 5.72. The molecule has 1 aromatic carbocycles. The van der Waals surface area contributed by atoms with Gasteiger partial charge in [-0.15, -0.1) is 0 Å². The fourth-order valence-electron chi connectivity index (χ4n) is 2.71. The minimum Gasteiger partial charge on any atom is -0.287 e. The molecule has 1 aliphatic carbocycles. The van der Waals surface area contributed by atoms with Crippen molar-refractivity contribution in [2.24, 2.45) is 15.8 Å². The molecule has 2 nitrogen and oxygen atoms in total. The second-order valence-electron chi connectivity index (χ2n) is 8.59. The monoisotopic (exact) mass is 323 g/mol. The SMILES string of the molecule is C[C@H](N=C1C=C(C(C)(C)C)C=C(C(C)(C)C)C1=O)c1ccccc1. The number of Topliss-reactive ketones (excluding diaryl/α,β-unsaturated/α-hetero) is 1. The number of hydrogen-bond acceptors (Lipinski definition) is 2. The lowest BCUT2D eigenvalue weighted by molar-refractivity contribution is -0.110. The zero-order valence-electron chi connectivity index (χ0n) is 16.0. The molecule has 0 radical (unpaired) electrons. The summed E-state index contributed by atoms with van der Waals surface area (Å²) < 4.78 is 0. The highest BCUT2D eigenvalue weighted by molar-refractivity contribution is 6.51. The van der Waals surface area contributed by atoms with E-state index in [-0.39, 0.29) is 22.7 Å². The fraction of sp³-hybridized carbons (Fsp3) is 0.455. The molecule has 1 aromatic rings. The van der Waals surface area contributed by atoms with Crippen LogP contribution in [0.15, 0.2) is 58.6 Å². The van der Waals surface area contributed by atoms with Crippen LogP contribution in [0.4, 0.5) is 0 Å². The number of aliphatic imine (C=N–C) groups is 1. The first-order chi connectivity index (χ1) is 11.0. The van der Waals surface area contributed by atoms with Gasteiger partial charge >= 0.3 is 0 Å². The van der Waals surface area contributed by atoms with Crippen LogP contribution in [0.3, 0.4) is 0 Å². The van der Waals surface area contributed by atoms with Crippen LogP contribution in [0, 0.1) is 10.8 Å². The van der Waals surface area contributed by atoms with E-state index in [1.54, 1.807) is 0 Å². The van der Waals surface area contributed by atoms with Crippen molar-refractivity contribution in [2.75, 3.05) is 0 Å². The number of carbonyl (C=O) groups is 1. The number of nitrogens with zero attached hydrogens (tertiary/aromatic N) is 1. The Morgan fingerprint density at radius 3 is 1.96 bits per heavy atom. The van der Waals surface area contributed by atoms with Crippen molar-refractivity contribution in [3.63, 3.8) is 0 Å². The highest BCUT2D eigenvalue weighted by Crippen LogP contribution is 2.36. The first-order valence-corrected chi connectivity index (χ1v) is 8.62. The molecule has 0 aromatic heterocycles. The van der Waals surface area contributed by atoms with Gasteiger partial charge in [0, 0.05) is 5.57 Å². The van der Waals surface area contributed by atoms with E-state index in [4.69, 9.17) is 4.99 Å². The maximum atomic E-state index is 13.0. The van der Waals surface area contributed by atoms with Gasteiger partial charge in [0.15, 0.2) is 0 Å². The van der Waals surface area contributed by atoms with Gasteiger partial charge in [-0.1, -0.05) is 78.0 Å². The quantitative estimate of drug-likeness (QED) is 0.640. The van der Waals surface area contributed by atoms with Crippen molar-refractivity contribution in [2.45, 2.75) is 54.5 Å². The summed E-state index contributed by atoms with van der Waals surface area (Å²) in [5, 5.41) is 0. The van der Waals surface area contributed by atoms with Crippen LogP contribution in [0.25, 0.3) is 0 Å². The van der Waals surface area contributed by atoms with E-state index in [2.05, 4.69) is 59.8 Å². The molecule has 128 valence electrons. The lowest BCUT2D eigenvalue weighted by Crippen LogP contribution is -2.29. The standard InChI is InChI=1S/C22H29NO/c1-15(16-11-9-8-10-12-16)23-19-14-17(21(2,3)4)13-18(20(19)24)22(5,6)7/h8-15H,1-7H3/t15-/m0/s1. The van der Waals surface area contributed by atoms with Crippen LogP contribution >= 0.6 is 0 Å². The molecular weight excluding hydrogens is 294 g/mol. The Kier molecular flexibility index (Phi) is 4.98. The van der Waals surface area contributed by atoms with E-state index in [1.165, 1.54) is 0 Å². The zero-order valence-corrected chi connectivity index (χ0v) is 16.0. The molecule has 0 saturated carbocycles. The topological polar surface area (TPSA) is 29.4 Å². The number of benzene rings is 1. The lowest BCUT2D eigenvalue weighted by atomic mass is 9.74. The van der Waals surface area contributed by atoms with Gasteiger partial charge in [-0.2, -0.15) is 0 Å². The summed E-state index contributed by atoms with van der Waals surface area (Å²) in [6.45, 7) is 14.8. The van der Waals surface area contributed by atoms with Crippen molar-refractivity contribution in [1.29, 1.82) is 0 Å². The minimum atomic E-state index is -0.196. The molecule has 0 saturated heterocycles. The number of ketones is 1. The molecule has 0 spiro atoms. The van der Waals surface area contributed by atoms with Gasteiger partial charge in [-0.25, -0.2) is 0 Å². The normalized spacial score (nSPS) is 19.1. The molecule has 1 aliphatic rings. The van der Waals surface area contributed by atoms with Crippen molar-refractivity contribution >= 4 is 11.5 Å². The maximum absolute atomic E-state index is 13.0. The Bertz CT molecular complexity index is 707. The Morgan fingerprint density at radius 2 is 1.46 bits per heavy atom. The van der Waals surface area contributed by atoms with Crippen molar-refractivity contribution in [1.82, 2.24) is 0 Å². The van der Waals surface area contributed by atoms with Crippen LogP contribution in [-0.2, 0) is 4.79 Å². The second-order valence-corrected chi connectivity index (χ2v) is 8.59. The molecule has 0 N–H and O–H groups in total. The Morgan fingerprint density at radius 1 is 0.875 bits per heavy atom. The summed E-state index contributed by atoms with van der Waals surface area (Å²) in [5.74, 6) is 0.0540. The van der Waals surface area contributed by atoms with Gasteiger partial charge in [-0.3, -0.25) is 9.79 Å². The Balaban J connectivity index is 2.49. The highest BCUT2D eigenvalue weighted by Gasteiger charge is 2.32. The molecule has 0 fully saturated rings. The third kappa shape index (κ3) is 4.11. The molecule has 2 rings (SSSR count). The average molecular weight is 323 g/mol. The van der Waals surface area contributed by atoms with Gasteiger partial charge in [0.05, 0.1) is 6.04 Å². The molecule has 0 heterocycles. The van der Waals surface area contributed by atoms with Crippen LogP contribution in [0.5, 0.6) is 0 Å². The highest BCUT2D eigenvalue weighted by atomic mass is 16.1. The van der Waals surface area contributed by atoms with Crippen LogP contribution in [-0.4, -0.2) is 11.5 Å². The number of hydrogen-bond donors (Lipinski definition) is 0. The summed E-state index contributed by atoms with van der Waals surface area (Å²) >= 11 is 0. The Hall–Kier alpha value is -1.96. The van der Waals surface area contributed by atoms with Gasteiger partial charge in [0.2, 0.25) is 5.78 Å². The Labute approximate surface area is 146 Å². The fourth-order valence-corrected chi connectivity index (χ4v) is 2.71. The van der Waals surface area contributed by atoms with E-state index < -0.39 is 0 Å². The molecule has 0 bridgehead atoms. The van der Waals surface area contributed by atoms with Crippen LogP contribution < -0.4 is 0 Å². The molecule has 1 atom stereocenters. The van der Waals surface area contributed by atoms with E-state index in [0.29, 0.717) is 5.71 Å². The molecular formula is C22H29NO. The van der Waals surface area contributed by atoms with Gasteiger partial charge in [-0.05, 0) is 35.0 Å². The first-order valence-electron chi connectivity index (χ1n) is 8.62. The van der Waals surface area contributed by atoms with E-state index in [9.17, 15) is 4.79 Å². The van der Waals surface area contributed by atoms with E-state index in [0.717, 1.165) is 16.7 Å². The number of rotatable bonds is 2. The van der Waals surface area contributed by atoms with E-state index in [1.807, 2.05) is 31.2 Å². The zero-order chi connectivity index (χ0) is 18.1. The molecule has 2 heteroatoms. The molecule has 24 heavy (non-hydrogen) atoms. The lowest BCUT2D eigenvalue weighted by Gasteiger charge is -2.30. The summed E-state index contributed by atoms with van der Waals surface area (Å²) in [7, 11) is 0. The maximum Gasteiger partial charge on any atom is 0.207 e. The van der Waals surface area contributed by atoms with Crippen LogP contribution in [0.1, 0.15) is 60.1 Å². The van der Waals surface area contributed by atoms with E-state index >= 15 is 0 Å². The molecule has 0 aliphatic heterocycles. The predicted molar refractivity (Wildman–Crippen MR) is 102 cm³/mol. The first kappa shape index (κ1) is 18.4. The smallest absolute Gasteiger partial charge is 0.207 e. The number of allylic oxidation sites excluding steroid dienone is 4. The third-order valence-corrected chi connectivity index (χ3v) is 4.36. The molecule has 0 amide bonds. The minimum absolute atomic E-state index is 0.0199. The largest absolute Gasteiger partial charge is 0.287 e. The number of carbonyl (C=O) groups excluding carboxylic acids is 1. The summed E-state index contributed by atoms with van der Waals surface area (Å²) in [6.07, 6.45) is 4.03. The van der Waals surface area contributed by atoms with Gasteiger partial charge in [0.25, 0.3) is 0 Å². The van der Waals surface area contributed by atoms with Crippen molar-refractivity contribution in [3.05, 3.63) is 59.2 Å². The summed E-state index contributed by atoms with van der Waals surface area (Å²) in [6, 6.07) is 10.1. The van der Waals surface area contributed by atoms with Crippen LogP contribution in [0.2, 0.25) is 0 Å². The average Bonchev–Trinajstić information content (AvgIpc) is 2.47.